The fourth-order valence-electron chi connectivity index (χ4n) is 3.52. The van der Waals surface area contributed by atoms with Crippen LogP contribution in [0.5, 0.6) is 0 Å². The molecule has 1 unspecified atom stereocenters. The summed E-state index contributed by atoms with van der Waals surface area (Å²) in [5, 5.41) is 5.39. The largest absolute Gasteiger partial charge is 0.348 e. The van der Waals surface area contributed by atoms with E-state index in [-0.39, 0.29) is 17.8 Å². The number of halogens is 2. The van der Waals surface area contributed by atoms with Crippen LogP contribution < -0.4 is 0 Å². The van der Waals surface area contributed by atoms with Gasteiger partial charge in [0.1, 0.15) is 11.5 Å². The molecule has 1 aliphatic heterocycles. The molecule has 0 N–H and O–H groups in total. The lowest BCUT2D eigenvalue weighted by Crippen LogP contribution is -2.41. The second-order valence-corrected chi connectivity index (χ2v) is 7.30. The third kappa shape index (κ3) is 3.03. The van der Waals surface area contributed by atoms with Gasteiger partial charge >= 0.3 is 0 Å². The maximum Gasteiger partial charge on any atom is 0.294 e. The fourth-order valence-corrected chi connectivity index (χ4v) is 4.08. The summed E-state index contributed by atoms with van der Waals surface area (Å²) in [6.45, 7) is 5.35. The van der Waals surface area contributed by atoms with E-state index in [1.807, 2.05) is 37.1 Å². The maximum absolute atomic E-state index is 13.1. The highest BCUT2D eigenvalue weighted by Crippen LogP contribution is 2.30. The Hall–Kier alpha value is -2.31. The Kier molecular flexibility index (Phi) is 4.70. The number of rotatable bonds is 3. The molecule has 3 aromatic rings. The zero-order valence-electron chi connectivity index (χ0n) is 15.1. The predicted molar refractivity (Wildman–Crippen MR) is 105 cm³/mol. The minimum Gasteiger partial charge on any atom is -0.348 e. The van der Waals surface area contributed by atoms with Crippen molar-refractivity contribution in [3.8, 4) is 5.69 Å². The van der Waals surface area contributed by atoms with Crippen LogP contribution in [0.2, 0.25) is 10.0 Å². The molecule has 27 heavy (non-hydrogen) atoms. The molecule has 0 fully saturated rings. The Morgan fingerprint density at radius 1 is 1.19 bits per heavy atom. The molecule has 0 saturated heterocycles. The molecule has 0 bridgehead atoms. The number of hydrogen-bond acceptors (Lipinski definition) is 3. The number of carbonyl (C=O) groups is 1. The monoisotopic (exact) mass is 403 g/mol. The van der Waals surface area contributed by atoms with E-state index in [0.29, 0.717) is 34.5 Å². The van der Waals surface area contributed by atoms with E-state index in [0.717, 1.165) is 12.2 Å². The van der Waals surface area contributed by atoms with Crippen molar-refractivity contribution in [3.05, 3.63) is 63.9 Å². The van der Waals surface area contributed by atoms with E-state index in [1.54, 1.807) is 22.9 Å². The first-order chi connectivity index (χ1) is 13.0. The maximum atomic E-state index is 13.1. The first-order valence-electron chi connectivity index (χ1n) is 8.87. The van der Waals surface area contributed by atoms with E-state index in [2.05, 4.69) is 14.6 Å². The molecular formula is C19H19Cl2N5O. The average molecular weight is 404 g/mol. The van der Waals surface area contributed by atoms with Gasteiger partial charge in [-0.3, -0.25) is 4.79 Å². The van der Waals surface area contributed by atoms with E-state index in [1.165, 1.54) is 0 Å². The highest BCUT2D eigenvalue weighted by Gasteiger charge is 2.31. The second kappa shape index (κ2) is 7.02. The number of para-hydroxylation sites is 1. The molecule has 0 radical (unpaired) electrons. The lowest BCUT2D eigenvalue weighted by Gasteiger charge is -2.34. The standard InChI is InChI=1S/C19H19Cl2N5O/c1-3-16-22-18(23-26(16)17-13(20)6-4-7-14(17)21)19(27)25-11-10-24-9-5-8-15(24)12(25)2/h4-9,12H,3,10-11H2,1-2H3. The third-order valence-electron chi connectivity index (χ3n) is 4.93. The van der Waals surface area contributed by atoms with Crippen molar-refractivity contribution in [1.82, 2.24) is 24.2 Å². The highest BCUT2D eigenvalue weighted by molar-refractivity contribution is 6.37. The Labute approximate surface area is 167 Å². The SMILES string of the molecule is CCc1nc(C(=O)N2CCn3cccc3C2C)nn1-c1c(Cl)cccc1Cl. The summed E-state index contributed by atoms with van der Waals surface area (Å²) in [6.07, 6.45) is 2.63. The van der Waals surface area contributed by atoms with Crippen molar-refractivity contribution >= 4 is 29.1 Å². The summed E-state index contributed by atoms with van der Waals surface area (Å²) in [7, 11) is 0. The zero-order chi connectivity index (χ0) is 19.1. The van der Waals surface area contributed by atoms with Crippen molar-refractivity contribution in [1.29, 1.82) is 0 Å². The summed E-state index contributed by atoms with van der Waals surface area (Å²) in [5.41, 5.74) is 1.66. The van der Waals surface area contributed by atoms with Crippen LogP contribution in [0.4, 0.5) is 0 Å². The molecule has 3 heterocycles. The second-order valence-electron chi connectivity index (χ2n) is 6.49. The van der Waals surface area contributed by atoms with Crippen LogP contribution in [0, 0.1) is 0 Å². The van der Waals surface area contributed by atoms with Crippen LogP contribution in [-0.2, 0) is 13.0 Å². The summed E-state index contributed by atoms with van der Waals surface area (Å²) in [5.74, 6) is 0.614. The van der Waals surface area contributed by atoms with Crippen LogP contribution in [0.1, 0.15) is 42.0 Å². The fraction of sp³-hybridized carbons (Fsp3) is 0.316. The molecule has 4 rings (SSSR count). The van der Waals surface area contributed by atoms with Crippen molar-refractivity contribution < 1.29 is 4.79 Å². The molecule has 2 aromatic heterocycles. The zero-order valence-corrected chi connectivity index (χ0v) is 16.6. The Bertz CT molecular complexity index is 989. The summed E-state index contributed by atoms with van der Waals surface area (Å²) >= 11 is 12.7. The molecule has 1 aliphatic rings. The molecule has 8 heteroatoms. The van der Waals surface area contributed by atoms with Gasteiger partial charge in [-0.1, -0.05) is 36.2 Å². The smallest absolute Gasteiger partial charge is 0.294 e. The average Bonchev–Trinajstić information content (AvgIpc) is 3.29. The van der Waals surface area contributed by atoms with Gasteiger partial charge in [0.05, 0.1) is 16.1 Å². The van der Waals surface area contributed by atoms with Crippen LogP contribution in [0.3, 0.4) is 0 Å². The minimum atomic E-state index is -0.188. The normalized spacial score (nSPS) is 16.4. The van der Waals surface area contributed by atoms with Crippen LogP contribution in [0.25, 0.3) is 5.69 Å². The van der Waals surface area contributed by atoms with Gasteiger partial charge in [0.15, 0.2) is 0 Å². The highest BCUT2D eigenvalue weighted by atomic mass is 35.5. The molecule has 1 aromatic carbocycles. The first kappa shape index (κ1) is 18.1. The lowest BCUT2D eigenvalue weighted by atomic mass is 10.1. The van der Waals surface area contributed by atoms with Gasteiger partial charge in [-0.05, 0) is 31.2 Å². The molecule has 0 saturated carbocycles. The number of aromatic nitrogens is 4. The molecule has 140 valence electrons. The van der Waals surface area contributed by atoms with E-state index in [9.17, 15) is 4.79 Å². The lowest BCUT2D eigenvalue weighted by molar-refractivity contribution is 0.0631. The van der Waals surface area contributed by atoms with Gasteiger partial charge in [-0.15, -0.1) is 5.10 Å². The Morgan fingerprint density at radius 2 is 1.93 bits per heavy atom. The summed E-state index contributed by atoms with van der Waals surface area (Å²) in [6, 6.07) is 9.26. The molecular weight excluding hydrogens is 385 g/mol. The number of amides is 1. The van der Waals surface area contributed by atoms with Crippen LogP contribution in [0.15, 0.2) is 36.5 Å². The third-order valence-corrected chi connectivity index (χ3v) is 5.54. The van der Waals surface area contributed by atoms with Crippen molar-refractivity contribution in [2.24, 2.45) is 0 Å². The number of carbonyl (C=O) groups excluding carboxylic acids is 1. The van der Waals surface area contributed by atoms with E-state index in [4.69, 9.17) is 23.2 Å². The molecule has 1 atom stereocenters. The first-order valence-corrected chi connectivity index (χ1v) is 9.63. The Balaban J connectivity index is 1.71. The van der Waals surface area contributed by atoms with E-state index < -0.39 is 0 Å². The number of nitrogens with zero attached hydrogens (tertiary/aromatic N) is 5. The molecule has 1 amide bonds. The van der Waals surface area contributed by atoms with E-state index >= 15 is 0 Å². The van der Waals surface area contributed by atoms with Gasteiger partial charge in [0.2, 0.25) is 5.82 Å². The number of fused-ring (bicyclic) bond motifs is 1. The van der Waals surface area contributed by atoms with Gasteiger partial charge < -0.3 is 9.47 Å². The van der Waals surface area contributed by atoms with Crippen LogP contribution in [-0.4, -0.2) is 36.7 Å². The predicted octanol–water partition coefficient (Wildman–Crippen LogP) is 4.16. The number of benzene rings is 1. The van der Waals surface area contributed by atoms with Crippen molar-refractivity contribution in [3.63, 3.8) is 0 Å². The van der Waals surface area contributed by atoms with Crippen molar-refractivity contribution in [2.45, 2.75) is 32.9 Å². The molecule has 0 spiro atoms. The Morgan fingerprint density at radius 3 is 2.63 bits per heavy atom. The number of hydrogen-bond donors (Lipinski definition) is 0. The van der Waals surface area contributed by atoms with Crippen molar-refractivity contribution in [2.75, 3.05) is 6.54 Å². The van der Waals surface area contributed by atoms with Gasteiger partial charge in [0.25, 0.3) is 5.91 Å². The van der Waals surface area contributed by atoms with Gasteiger partial charge in [0, 0.05) is 31.4 Å². The van der Waals surface area contributed by atoms with Gasteiger partial charge in [-0.25, -0.2) is 9.67 Å². The quantitative estimate of drug-likeness (QED) is 0.659. The summed E-state index contributed by atoms with van der Waals surface area (Å²) < 4.78 is 3.75. The van der Waals surface area contributed by atoms with Crippen LogP contribution >= 0.6 is 23.2 Å². The topological polar surface area (TPSA) is 56.0 Å². The summed E-state index contributed by atoms with van der Waals surface area (Å²) in [4.78, 5) is 19.4. The van der Waals surface area contributed by atoms with Gasteiger partial charge in [-0.2, -0.15) is 0 Å². The molecule has 6 nitrogen and oxygen atoms in total. The number of aryl methyl sites for hydroxylation is 1. The molecule has 0 aliphatic carbocycles. The minimum absolute atomic E-state index is 0.0397.